The Kier molecular flexibility index (Phi) is 6.90. The van der Waals surface area contributed by atoms with Crippen molar-refractivity contribution in [2.45, 2.75) is 44.6 Å². The second kappa shape index (κ2) is 9.54. The molecule has 3 heterocycles. The van der Waals surface area contributed by atoms with Crippen molar-refractivity contribution in [2.24, 2.45) is 11.7 Å². The summed E-state index contributed by atoms with van der Waals surface area (Å²) in [5.74, 6) is -0.426. The minimum Gasteiger partial charge on any atom is -0.365 e. The van der Waals surface area contributed by atoms with Crippen LogP contribution in [0.15, 0.2) is 29.2 Å². The first-order valence-electron chi connectivity index (χ1n) is 11.3. The van der Waals surface area contributed by atoms with Gasteiger partial charge in [-0.3, -0.25) is 14.5 Å². The second-order valence-electron chi connectivity index (χ2n) is 8.76. The Morgan fingerprint density at radius 1 is 1.15 bits per heavy atom. The topological polar surface area (TPSA) is 113 Å². The summed E-state index contributed by atoms with van der Waals surface area (Å²) in [5.41, 5.74) is 7.27. The van der Waals surface area contributed by atoms with E-state index >= 15 is 0 Å². The molecule has 0 saturated carbocycles. The van der Waals surface area contributed by atoms with Crippen LogP contribution in [0, 0.1) is 5.92 Å². The van der Waals surface area contributed by atoms with E-state index in [4.69, 9.17) is 5.73 Å². The minimum atomic E-state index is -3.58. The lowest BCUT2D eigenvalue weighted by molar-refractivity contribution is 0.1000. The third kappa shape index (κ3) is 4.84. The van der Waals surface area contributed by atoms with E-state index < -0.39 is 21.8 Å². The Morgan fingerprint density at radius 3 is 2.42 bits per heavy atom. The molecule has 3 N–H and O–H groups in total. The lowest BCUT2D eigenvalue weighted by atomic mass is 10.0. The fourth-order valence-electron chi connectivity index (χ4n) is 4.40. The van der Waals surface area contributed by atoms with Crippen LogP contribution in [-0.4, -0.2) is 55.6 Å². The zero-order valence-electron chi connectivity index (χ0n) is 19.0. The first kappa shape index (κ1) is 23.9. The molecule has 178 valence electrons. The number of likely N-dealkylation sites (N-methyl/N-ethyl adjacent to an activating group) is 1. The number of hydrogen-bond donors (Lipinski definition) is 2. The van der Waals surface area contributed by atoms with Gasteiger partial charge in [-0.2, -0.15) is 4.31 Å². The molecular formula is C23H30N4O4S2. The van der Waals surface area contributed by atoms with Gasteiger partial charge < -0.3 is 11.1 Å². The van der Waals surface area contributed by atoms with Gasteiger partial charge in [0, 0.05) is 36.6 Å². The molecule has 1 aromatic heterocycles. The number of nitrogens with one attached hydrogen (secondary N) is 1. The molecule has 1 saturated heterocycles. The van der Waals surface area contributed by atoms with Crippen LogP contribution in [0.5, 0.6) is 0 Å². The number of benzene rings is 1. The number of nitrogens with two attached hydrogens (primary N) is 1. The fourth-order valence-corrected chi connectivity index (χ4v) is 7.16. The number of thiophene rings is 1. The molecule has 0 spiro atoms. The summed E-state index contributed by atoms with van der Waals surface area (Å²) in [6.45, 7) is 7.74. The van der Waals surface area contributed by atoms with Crippen LogP contribution in [0.25, 0.3) is 0 Å². The molecular weight excluding hydrogens is 460 g/mol. The number of nitrogens with zero attached hydrogens (tertiary/aromatic N) is 2. The Hall–Kier alpha value is -2.27. The van der Waals surface area contributed by atoms with E-state index in [9.17, 15) is 18.0 Å². The van der Waals surface area contributed by atoms with Gasteiger partial charge in [0.15, 0.2) is 0 Å². The maximum atomic E-state index is 12.9. The molecule has 0 aliphatic carbocycles. The third-order valence-electron chi connectivity index (χ3n) is 6.55. The van der Waals surface area contributed by atoms with Crippen molar-refractivity contribution in [2.75, 3.05) is 31.5 Å². The number of carbonyl (C=O) groups is 2. The van der Waals surface area contributed by atoms with Gasteiger partial charge in [-0.25, -0.2) is 8.42 Å². The molecule has 1 aromatic carbocycles. The summed E-state index contributed by atoms with van der Waals surface area (Å²) in [6, 6.07) is 5.95. The Balaban J connectivity index is 1.52. The molecule has 0 unspecified atom stereocenters. The summed E-state index contributed by atoms with van der Waals surface area (Å²) in [4.78, 5) is 28.5. The van der Waals surface area contributed by atoms with Gasteiger partial charge in [0.1, 0.15) is 5.00 Å². The van der Waals surface area contributed by atoms with E-state index in [0.717, 1.165) is 49.3 Å². The van der Waals surface area contributed by atoms with E-state index in [1.165, 1.54) is 39.9 Å². The van der Waals surface area contributed by atoms with Gasteiger partial charge in [0.2, 0.25) is 10.0 Å². The number of primary amides is 1. The summed E-state index contributed by atoms with van der Waals surface area (Å²) in [7, 11) is -3.58. The summed E-state index contributed by atoms with van der Waals surface area (Å²) >= 11 is 1.38. The van der Waals surface area contributed by atoms with Crippen molar-refractivity contribution in [3.05, 3.63) is 45.8 Å². The highest BCUT2D eigenvalue weighted by molar-refractivity contribution is 7.89. The van der Waals surface area contributed by atoms with Crippen LogP contribution < -0.4 is 11.1 Å². The van der Waals surface area contributed by atoms with Crippen LogP contribution in [0.4, 0.5) is 5.00 Å². The van der Waals surface area contributed by atoms with Crippen LogP contribution in [0.1, 0.15) is 57.8 Å². The van der Waals surface area contributed by atoms with Crippen molar-refractivity contribution in [1.82, 2.24) is 9.21 Å². The molecule has 0 radical (unpaired) electrons. The van der Waals surface area contributed by atoms with Crippen molar-refractivity contribution < 1.29 is 18.0 Å². The van der Waals surface area contributed by atoms with Crippen LogP contribution >= 0.6 is 11.3 Å². The molecule has 33 heavy (non-hydrogen) atoms. The highest BCUT2D eigenvalue weighted by Crippen LogP contribution is 2.37. The Labute approximate surface area is 198 Å². The lowest BCUT2D eigenvalue weighted by Gasteiger charge is -2.29. The van der Waals surface area contributed by atoms with E-state index in [-0.39, 0.29) is 4.90 Å². The standard InChI is InChI=1S/C23H30N4O4S2/c1-3-26-11-10-18-19(14-26)32-23(20(18)21(24)28)25-22(29)16-4-6-17(7-5-16)33(30,31)27-12-8-15(2)9-13-27/h4-7,15H,3,8-14H2,1-2H3,(H2,24,28)(H,25,29). The van der Waals surface area contributed by atoms with Gasteiger partial charge in [-0.05, 0) is 61.6 Å². The number of sulfonamides is 1. The average Bonchev–Trinajstić information content (AvgIpc) is 3.16. The van der Waals surface area contributed by atoms with E-state index in [1.54, 1.807) is 0 Å². The monoisotopic (exact) mass is 490 g/mol. The maximum Gasteiger partial charge on any atom is 0.256 e. The number of carbonyl (C=O) groups excluding carboxylic acids is 2. The summed E-state index contributed by atoms with van der Waals surface area (Å²) in [6.07, 6.45) is 2.42. The number of piperidine rings is 1. The molecule has 0 bridgehead atoms. The predicted molar refractivity (Wildman–Crippen MR) is 129 cm³/mol. The SMILES string of the molecule is CCN1CCc2c(sc(NC(=O)c3ccc(S(=O)(=O)N4CCC(C)CC4)cc3)c2C(N)=O)C1. The van der Waals surface area contributed by atoms with Gasteiger partial charge in [0.05, 0.1) is 10.5 Å². The largest absolute Gasteiger partial charge is 0.365 e. The number of fused-ring (bicyclic) bond motifs is 1. The number of amides is 2. The Bertz CT molecular complexity index is 1150. The van der Waals surface area contributed by atoms with E-state index in [1.807, 2.05) is 0 Å². The first-order chi connectivity index (χ1) is 15.7. The summed E-state index contributed by atoms with van der Waals surface area (Å²) < 4.78 is 27.4. The molecule has 1 fully saturated rings. The maximum absolute atomic E-state index is 12.9. The highest BCUT2D eigenvalue weighted by atomic mass is 32.2. The van der Waals surface area contributed by atoms with Gasteiger partial charge in [0.25, 0.3) is 11.8 Å². The molecule has 2 aliphatic rings. The smallest absolute Gasteiger partial charge is 0.256 e. The first-order valence-corrected chi connectivity index (χ1v) is 13.5. The van der Waals surface area contributed by atoms with Crippen molar-refractivity contribution in [1.29, 1.82) is 0 Å². The van der Waals surface area contributed by atoms with E-state index in [2.05, 4.69) is 24.1 Å². The minimum absolute atomic E-state index is 0.178. The molecule has 10 heteroatoms. The normalized spacial score (nSPS) is 18.1. The molecule has 2 aliphatic heterocycles. The zero-order chi connectivity index (χ0) is 23.8. The molecule has 4 rings (SSSR count). The summed E-state index contributed by atoms with van der Waals surface area (Å²) in [5, 5.41) is 3.28. The number of hydrogen-bond acceptors (Lipinski definition) is 6. The van der Waals surface area contributed by atoms with E-state index in [0.29, 0.717) is 35.1 Å². The predicted octanol–water partition coefficient (Wildman–Crippen LogP) is 2.90. The lowest BCUT2D eigenvalue weighted by Crippen LogP contribution is -2.37. The van der Waals surface area contributed by atoms with Gasteiger partial charge >= 0.3 is 0 Å². The molecule has 0 atom stereocenters. The molecule has 8 nitrogen and oxygen atoms in total. The number of rotatable bonds is 6. The van der Waals surface area contributed by atoms with Crippen LogP contribution in [0.3, 0.4) is 0 Å². The molecule has 2 aromatic rings. The van der Waals surface area contributed by atoms with Gasteiger partial charge in [-0.1, -0.05) is 13.8 Å². The second-order valence-corrected chi connectivity index (χ2v) is 11.8. The highest BCUT2D eigenvalue weighted by Gasteiger charge is 2.29. The Morgan fingerprint density at radius 2 is 1.82 bits per heavy atom. The average molecular weight is 491 g/mol. The molecule has 2 amide bonds. The van der Waals surface area contributed by atoms with Crippen LogP contribution in [0.2, 0.25) is 0 Å². The van der Waals surface area contributed by atoms with Crippen molar-refractivity contribution >= 4 is 38.2 Å². The zero-order valence-corrected chi connectivity index (χ0v) is 20.6. The van der Waals surface area contributed by atoms with Crippen molar-refractivity contribution in [3.8, 4) is 0 Å². The van der Waals surface area contributed by atoms with Crippen molar-refractivity contribution in [3.63, 3.8) is 0 Å². The fraction of sp³-hybridized carbons (Fsp3) is 0.478. The number of anilines is 1. The van der Waals surface area contributed by atoms with Gasteiger partial charge in [-0.15, -0.1) is 11.3 Å². The quantitative estimate of drug-likeness (QED) is 0.647. The van der Waals surface area contributed by atoms with Crippen LogP contribution in [-0.2, 0) is 23.0 Å². The third-order valence-corrected chi connectivity index (χ3v) is 9.60.